The Morgan fingerprint density at radius 3 is 2.52 bits per heavy atom. The van der Waals surface area contributed by atoms with E-state index in [0.717, 1.165) is 0 Å². The predicted molar refractivity (Wildman–Crippen MR) is 121 cm³/mol. The van der Waals surface area contributed by atoms with Gasteiger partial charge in [0.1, 0.15) is 6.04 Å². The molecule has 8 nitrogen and oxygen atoms in total. The van der Waals surface area contributed by atoms with Crippen molar-refractivity contribution in [3.63, 3.8) is 0 Å². The van der Waals surface area contributed by atoms with Gasteiger partial charge in [-0.3, -0.25) is 9.59 Å². The van der Waals surface area contributed by atoms with Crippen molar-refractivity contribution in [3.05, 3.63) is 57.2 Å². The van der Waals surface area contributed by atoms with Crippen LogP contribution in [0.15, 0.2) is 46.9 Å². The van der Waals surface area contributed by atoms with Crippen molar-refractivity contribution in [3.8, 4) is 0 Å². The molecule has 0 aliphatic carbocycles. The predicted octanol–water partition coefficient (Wildman–Crippen LogP) is 2.92. The van der Waals surface area contributed by atoms with Crippen molar-refractivity contribution in [2.24, 2.45) is 16.8 Å². The zero-order valence-electron chi connectivity index (χ0n) is 17.3. The van der Waals surface area contributed by atoms with Gasteiger partial charge in [0.25, 0.3) is 5.91 Å². The Labute approximate surface area is 189 Å². The lowest BCUT2D eigenvalue weighted by Gasteiger charge is -2.20. The third-order valence-corrected chi connectivity index (χ3v) is 5.23. The maximum atomic E-state index is 12.6. The molecule has 31 heavy (non-hydrogen) atoms. The molecule has 166 valence electrons. The number of amidine groups is 1. The SMILES string of the molecule is CC(C)CC(NC(=O)c1ccc(Cl)cc1)C(=O)NCCC(=O)O/N=C(\N)c1cccs1. The van der Waals surface area contributed by atoms with Crippen LogP contribution in [0.5, 0.6) is 0 Å². The normalized spacial score (nSPS) is 12.3. The first kappa shape index (κ1) is 24.4. The van der Waals surface area contributed by atoms with E-state index in [4.69, 9.17) is 22.2 Å². The van der Waals surface area contributed by atoms with Crippen molar-refractivity contribution in [1.29, 1.82) is 0 Å². The number of carbonyl (C=O) groups is 3. The largest absolute Gasteiger partial charge is 0.380 e. The van der Waals surface area contributed by atoms with Gasteiger partial charge in [0.15, 0.2) is 5.84 Å². The Morgan fingerprint density at radius 2 is 1.90 bits per heavy atom. The highest BCUT2D eigenvalue weighted by atomic mass is 35.5. The first-order chi connectivity index (χ1) is 14.8. The second-order valence-electron chi connectivity index (χ2n) is 7.12. The van der Waals surface area contributed by atoms with Crippen LogP contribution in [-0.4, -0.2) is 36.2 Å². The van der Waals surface area contributed by atoms with Crippen LogP contribution >= 0.6 is 22.9 Å². The molecule has 0 aliphatic heterocycles. The lowest BCUT2D eigenvalue weighted by atomic mass is 10.0. The van der Waals surface area contributed by atoms with Crippen LogP contribution < -0.4 is 16.4 Å². The van der Waals surface area contributed by atoms with Gasteiger partial charge in [-0.05, 0) is 48.1 Å². The number of nitrogens with zero attached hydrogens (tertiary/aromatic N) is 1. The van der Waals surface area contributed by atoms with E-state index in [1.54, 1.807) is 36.4 Å². The zero-order valence-corrected chi connectivity index (χ0v) is 18.8. The first-order valence-corrected chi connectivity index (χ1v) is 10.9. The third-order valence-electron chi connectivity index (χ3n) is 4.08. The number of amides is 2. The van der Waals surface area contributed by atoms with E-state index in [2.05, 4.69) is 15.8 Å². The number of carbonyl (C=O) groups excluding carboxylic acids is 3. The fraction of sp³-hybridized carbons (Fsp3) is 0.333. The molecule has 0 radical (unpaired) electrons. The number of nitrogens with one attached hydrogen (secondary N) is 2. The molecular weight excluding hydrogens is 440 g/mol. The molecule has 1 atom stereocenters. The number of thiophene rings is 1. The Balaban J connectivity index is 1.84. The summed E-state index contributed by atoms with van der Waals surface area (Å²) in [6.07, 6.45) is 0.351. The van der Waals surface area contributed by atoms with Crippen molar-refractivity contribution >= 4 is 46.6 Å². The first-order valence-electron chi connectivity index (χ1n) is 9.67. The van der Waals surface area contributed by atoms with E-state index >= 15 is 0 Å². The number of halogens is 1. The standard InChI is InChI=1S/C21H25ClN4O4S/c1-13(2)12-16(25-20(28)14-5-7-15(22)8-6-14)21(29)24-10-9-18(27)30-26-19(23)17-4-3-11-31-17/h3-8,11,13,16H,9-10,12H2,1-2H3,(H2,23,26)(H,24,29)(H,25,28). The summed E-state index contributed by atoms with van der Waals surface area (Å²) < 4.78 is 0. The van der Waals surface area contributed by atoms with Crippen LogP contribution in [0.3, 0.4) is 0 Å². The van der Waals surface area contributed by atoms with Crippen LogP contribution in [0.25, 0.3) is 0 Å². The van der Waals surface area contributed by atoms with E-state index in [-0.39, 0.29) is 36.5 Å². The van der Waals surface area contributed by atoms with E-state index < -0.39 is 12.0 Å². The molecule has 0 fully saturated rings. The molecule has 2 aromatic rings. The molecule has 10 heteroatoms. The monoisotopic (exact) mass is 464 g/mol. The molecule has 4 N–H and O–H groups in total. The van der Waals surface area contributed by atoms with Gasteiger partial charge in [-0.15, -0.1) is 11.3 Å². The fourth-order valence-corrected chi connectivity index (χ4v) is 3.32. The maximum absolute atomic E-state index is 12.6. The molecule has 0 aliphatic rings. The number of hydrogen-bond donors (Lipinski definition) is 3. The summed E-state index contributed by atoms with van der Waals surface area (Å²) in [5.74, 6) is -1.12. The van der Waals surface area contributed by atoms with Crippen molar-refractivity contribution < 1.29 is 19.2 Å². The highest BCUT2D eigenvalue weighted by molar-refractivity contribution is 7.12. The van der Waals surface area contributed by atoms with Crippen molar-refractivity contribution in [1.82, 2.24) is 10.6 Å². The topological polar surface area (TPSA) is 123 Å². The minimum Gasteiger partial charge on any atom is -0.380 e. The van der Waals surface area contributed by atoms with Gasteiger partial charge in [-0.2, -0.15) is 0 Å². The molecule has 0 bridgehead atoms. The quantitative estimate of drug-likeness (QED) is 0.216. The van der Waals surface area contributed by atoms with Gasteiger partial charge >= 0.3 is 5.97 Å². The number of hydrogen-bond acceptors (Lipinski definition) is 6. The number of oxime groups is 1. The Hall–Kier alpha value is -2.91. The Morgan fingerprint density at radius 1 is 1.19 bits per heavy atom. The van der Waals surface area contributed by atoms with Crippen molar-refractivity contribution in [2.75, 3.05) is 6.54 Å². The summed E-state index contributed by atoms with van der Waals surface area (Å²) in [5, 5.41) is 11.3. The number of rotatable bonds is 10. The Bertz CT molecular complexity index is 914. The molecule has 0 spiro atoms. The van der Waals surface area contributed by atoms with Gasteiger partial charge in [0.2, 0.25) is 5.91 Å². The van der Waals surface area contributed by atoms with Gasteiger partial charge in [0.05, 0.1) is 11.3 Å². The lowest BCUT2D eigenvalue weighted by Crippen LogP contribution is -2.47. The Kier molecular flexibility index (Phi) is 9.48. The van der Waals surface area contributed by atoms with E-state index in [1.165, 1.54) is 11.3 Å². The number of benzene rings is 1. The molecule has 2 rings (SSSR count). The van der Waals surface area contributed by atoms with E-state index in [9.17, 15) is 14.4 Å². The molecule has 0 saturated heterocycles. The number of nitrogens with two attached hydrogens (primary N) is 1. The van der Waals surface area contributed by atoms with Crippen LogP contribution in [0.4, 0.5) is 0 Å². The average Bonchev–Trinajstić information content (AvgIpc) is 3.26. The molecule has 2 amide bonds. The molecule has 0 saturated carbocycles. The molecule has 1 aromatic carbocycles. The second-order valence-corrected chi connectivity index (χ2v) is 8.50. The van der Waals surface area contributed by atoms with E-state index in [0.29, 0.717) is 21.9 Å². The van der Waals surface area contributed by atoms with Gasteiger partial charge in [-0.25, -0.2) is 4.79 Å². The lowest BCUT2D eigenvalue weighted by molar-refractivity contribution is -0.143. The summed E-state index contributed by atoms with van der Waals surface area (Å²) in [7, 11) is 0. The average molecular weight is 465 g/mol. The summed E-state index contributed by atoms with van der Waals surface area (Å²) in [4.78, 5) is 42.3. The summed E-state index contributed by atoms with van der Waals surface area (Å²) >= 11 is 7.21. The molecule has 1 heterocycles. The summed E-state index contributed by atoms with van der Waals surface area (Å²) in [6, 6.07) is 9.19. The molecular formula is C21H25ClN4O4S. The molecule has 1 aromatic heterocycles. The maximum Gasteiger partial charge on any atom is 0.336 e. The van der Waals surface area contributed by atoms with Gasteiger partial charge in [-0.1, -0.05) is 36.7 Å². The fourth-order valence-electron chi connectivity index (χ4n) is 2.57. The smallest absolute Gasteiger partial charge is 0.336 e. The minimum absolute atomic E-state index is 0.0392. The van der Waals surface area contributed by atoms with Gasteiger partial charge < -0.3 is 21.2 Å². The zero-order chi connectivity index (χ0) is 22.8. The minimum atomic E-state index is -0.744. The second kappa shape index (κ2) is 12.1. The van der Waals surface area contributed by atoms with Gasteiger partial charge in [0, 0.05) is 17.1 Å². The molecule has 1 unspecified atom stereocenters. The van der Waals surface area contributed by atoms with Crippen molar-refractivity contribution in [2.45, 2.75) is 32.7 Å². The van der Waals surface area contributed by atoms with Crippen LogP contribution in [-0.2, 0) is 14.4 Å². The third kappa shape index (κ3) is 8.39. The summed E-state index contributed by atoms with van der Waals surface area (Å²) in [6.45, 7) is 3.93. The summed E-state index contributed by atoms with van der Waals surface area (Å²) in [5.41, 5.74) is 6.12. The van der Waals surface area contributed by atoms with E-state index in [1.807, 2.05) is 19.2 Å². The van der Waals surface area contributed by atoms with Crippen LogP contribution in [0, 0.1) is 5.92 Å². The highest BCUT2D eigenvalue weighted by Crippen LogP contribution is 2.11. The van der Waals surface area contributed by atoms with Crippen LogP contribution in [0.1, 0.15) is 41.9 Å². The highest BCUT2D eigenvalue weighted by Gasteiger charge is 2.22. The van der Waals surface area contributed by atoms with Crippen LogP contribution in [0.2, 0.25) is 5.02 Å².